The molecule has 0 aliphatic heterocycles. The van der Waals surface area contributed by atoms with Crippen molar-refractivity contribution in [2.75, 3.05) is 24.9 Å². The number of primary amides is 2. The van der Waals surface area contributed by atoms with Gasteiger partial charge in [0.15, 0.2) is 23.0 Å². The summed E-state index contributed by atoms with van der Waals surface area (Å²) in [6, 6.07) is 4.44. The Kier molecular flexibility index (Phi) is 6.59. The average molecular weight is 388 g/mol. The van der Waals surface area contributed by atoms with Crippen LogP contribution in [0, 0.1) is 5.92 Å². The highest BCUT2D eigenvalue weighted by atomic mass is 16.5. The number of benzene rings is 1. The number of carbonyl (C=O) groups is 2. The van der Waals surface area contributed by atoms with E-state index in [2.05, 4.69) is 20.6 Å². The topological polar surface area (TPSA) is 154 Å². The molecule has 2 amide bonds. The Hall–Kier alpha value is -3.56. The first-order chi connectivity index (χ1) is 13.3. The lowest BCUT2D eigenvalue weighted by Crippen LogP contribution is -2.39. The van der Waals surface area contributed by atoms with Crippen molar-refractivity contribution in [2.45, 2.75) is 19.9 Å². The molecule has 2 aromatic rings. The molecule has 150 valence electrons. The van der Waals surface area contributed by atoms with Gasteiger partial charge in [0.2, 0.25) is 5.91 Å². The largest absolute Gasteiger partial charge is 0.493 e. The molecule has 0 fully saturated rings. The van der Waals surface area contributed by atoms with E-state index in [4.69, 9.17) is 20.9 Å². The first kappa shape index (κ1) is 20.7. The second-order valence-corrected chi connectivity index (χ2v) is 6.28. The van der Waals surface area contributed by atoms with Crippen LogP contribution in [0.2, 0.25) is 0 Å². The van der Waals surface area contributed by atoms with Crippen molar-refractivity contribution in [3.8, 4) is 11.5 Å². The number of ether oxygens (including phenoxy) is 2. The second-order valence-electron chi connectivity index (χ2n) is 6.28. The Bertz CT molecular complexity index is 871. The molecule has 0 spiro atoms. The molecule has 1 aromatic heterocycles. The van der Waals surface area contributed by atoms with E-state index in [0.29, 0.717) is 17.2 Å². The predicted octanol–water partition coefficient (Wildman–Crippen LogP) is 1.26. The smallest absolute Gasteiger partial charge is 0.271 e. The Balaban J connectivity index is 2.39. The van der Waals surface area contributed by atoms with Crippen LogP contribution in [0.25, 0.3) is 0 Å². The molecule has 2 rings (SSSR count). The third-order valence-electron chi connectivity index (χ3n) is 3.93. The van der Waals surface area contributed by atoms with Crippen molar-refractivity contribution >= 4 is 29.1 Å². The van der Waals surface area contributed by atoms with E-state index < -0.39 is 17.9 Å². The number of nitrogens with zero attached hydrogens (tertiary/aromatic N) is 2. The van der Waals surface area contributed by atoms with Crippen molar-refractivity contribution in [3.05, 3.63) is 30.1 Å². The minimum absolute atomic E-state index is 0.0551. The van der Waals surface area contributed by atoms with E-state index in [1.165, 1.54) is 20.4 Å². The molecule has 10 nitrogen and oxygen atoms in total. The van der Waals surface area contributed by atoms with Gasteiger partial charge in [0, 0.05) is 11.8 Å². The van der Waals surface area contributed by atoms with Gasteiger partial charge in [-0.25, -0.2) is 9.97 Å². The highest BCUT2D eigenvalue weighted by molar-refractivity contribution is 5.96. The Labute approximate surface area is 162 Å². The number of anilines is 3. The van der Waals surface area contributed by atoms with Crippen molar-refractivity contribution in [2.24, 2.45) is 17.4 Å². The number of aromatic nitrogens is 2. The molecular formula is C18H24N6O4. The van der Waals surface area contributed by atoms with Crippen LogP contribution in [0.1, 0.15) is 24.3 Å². The molecule has 28 heavy (non-hydrogen) atoms. The maximum Gasteiger partial charge on any atom is 0.271 e. The van der Waals surface area contributed by atoms with E-state index in [-0.39, 0.29) is 23.2 Å². The van der Waals surface area contributed by atoms with Crippen LogP contribution < -0.4 is 31.6 Å². The van der Waals surface area contributed by atoms with Crippen LogP contribution in [0.4, 0.5) is 17.3 Å². The van der Waals surface area contributed by atoms with Crippen LogP contribution in [0.15, 0.2) is 24.4 Å². The summed E-state index contributed by atoms with van der Waals surface area (Å²) >= 11 is 0. The van der Waals surface area contributed by atoms with Gasteiger partial charge in [0.1, 0.15) is 11.9 Å². The molecule has 10 heteroatoms. The molecule has 0 saturated carbocycles. The fraction of sp³-hybridized carbons (Fsp3) is 0.333. The summed E-state index contributed by atoms with van der Waals surface area (Å²) in [6.07, 6.45) is 1.32. The maximum atomic E-state index is 11.7. The van der Waals surface area contributed by atoms with E-state index >= 15 is 0 Å². The zero-order valence-corrected chi connectivity index (χ0v) is 16.1. The highest BCUT2D eigenvalue weighted by Gasteiger charge is 2.21. The summed E-state index contributed by atoms with van der Waals surface area (Å²) < 4.78 is 10.5. The highest BCUT2D eigenvalue weighted by Crippen LogP contribution is 2.31. The summed E-state index contributed by atoms with van der Waals surface area (Å²) in [5.41, 5.74) is 11.3. The van der Waals surface area contributed by atoms with Crippen LogP contribution >= 0.6 is 0 Å². The van der Waals surface area contributed by atoms with Gasteiger partial charge in [0.05, 0.1) is 20.4 Å². The van der Waals surface area contributed by atoms with Crippen molar-refractivity contribution in [1.29, 1.82) is 0 Å². The summed E-state index contributed by atoms with van der Waals surface area (Å²) in [5, 5.41) is 5.91. The number of nitrogens with one attached hydrogen (secondary N) is 2. The molecule has 1 heterocycles. The van der Waals surface area contributed by atoms with E-state index in [1.807, 2.05) is 13.8 Å². The second kappa shape index (κ2) is 8.89. The fourth-order valence-corrected chi connectivity index (χ4v) is 2.50. The maximum absolute atomic E-state index is 11.7. The van der Waals surface area contributed by atoms with Crippen LogP contribution in [-0.4, -0.2) is 42.0 Å². The number of hydrogen-bond donors (Lipinski definition) is 4. The summed E-state index contributed by atoms with van der Waals surface area (Å²) in [6.45, 7) is 3.69. The normalized spacial score (nSPS) is 11.6. The van der Waals surface area contributed by atoms with E-state index in [9.17, 15) is 9.59 Å². The first-order valence-corrected chi connectivity index (χ1v) is 8.48. The number of hydrogen-bond acceptors (Lipinski definition) is 8. The zero-order valence-electron chi connectivity index (χ0n) is 16.1. The van der Waals surface area contributed by atoms with Gasteiger partial charge in [0.25, 0.3) is 5.91 Å². The van der Waals surface area contributed by atoms with Gasteiger partial charge in [-0.15, -0.1) is 0 Å². The molecule has 1 unspecified atom stereocenters. The van der Waals surface area contributed by atoms with Gasteiger partial charge in [-0.2, -0.15) is 0 Å². The molecule has 0 radical (unpaired) electrons. The zero-order chi connectivity index (χ0) is 20.8. The standard InChI is InChI=1S/C18H24N6O4/c1-9(2)14(16(19)25)23-13-8-21-15(17(20)26)18(24-13)22-10-5-6-11(27-3)12(7-10)28-4/h5-9,14H,1-4H3,(H2,19,25)(H2,20,26)(H2,22,23,24). The quantitative estimate of drug-likeness (QED) is 0.500. The Morgan fingerprint density at radius 2 is 1.79 bits per heavy atom. The molecular weight excluding hydrogens is 364 g/mol. The van der Waals surface area contributed by atoms with Crippen LogP contribution in [-0.2, 0) is 4.79 Å². The number of rotatable bonds is 9. The fourth-order valence-electron chi connectivity index (χ4n) is 2.50. The van der Waals surface area contributed by atoms with E-state index in [0.717, 1.165) is 0 Å². The van der Waals surface area contributed by atoms with Gasteiger partial charge >= 0.3 is 0 Å². The molecule has 1 aromatic carbocycles. The molecule has 0 aliphatic rings. The lowest BCUT2D eigenvalue weighted by molar-refractivity contribution is -0.119. The van der Waals surface area contributed by atoms with Crippen LogP contribution in [0.3, 0.4) is 0 Å². The minimum Gasteiger partial charge on any atom is -0.493 e. The number of carbonyl (C=O) groups excluding carboxylic acids is 2. The number of nitrogens with two attached hydrogens (primary N) is 2. The first-order valence-electron chi connectivity index (χ1n) is 8.48. The number of methoxy groups -OCH3 is 2. The number of amides is 2. The molecule has 0 saturated heterocycles. The van der Waals surface area contributed by atoms with E-state index in [1.54, 1.807) is 18.2 Å². The molecule has 0 aliphatic carbocycles. The van der Waals surface area contributed by atoms with Gasteiger partial charge < -0.3 is 31.6 Å². The third-order valence-corrected chi connectivity index (χ3v) is 3.93. The van der Waals surface area contributed by atoms with Gasteiger partial charge in [-0.3, -0.25) is 9.59 Å². The molecule has 6 N–H and O–H groups in total. The monoisotopic (exact) mass is 388 g/mol. The SMILES string of the molecule is COc1ccc(Nc2nc(NC(C(N)=O)C(C)C)cnc2C(N)=O)cc1OC. The van der Waals surface area contributed by atoms with Gasteiger partial charge in [-0.05, 0) is 18.1 Å². The van der Waals surface area contributed by atoms with Crippen molar-refractivity contribution < 1.29 is 19.1 Å². The lowest BCUT2D eigenvalue weighted by Gasteiger charge is -2.20. The molecule has 0 bridgehead atoms. The third kappa shape index (κ3) is 4.78. The predicted molar refractivity (Wildman–Crippen MR) is 105 cm³/mol. The Morgan fingerprint density at radius 1 is 1.11 bits per heavy atom. The Morgan fingerprint density at radius 3 is 2.32 bits per heavy atom. The minimum atomic E-state index is -0.752. The average Bonchev–Trinajstić information content (AvgIpc) is 2.65. The summed E-state index contributed by atoms with van der Waals surface area (Å²) in [4.78, 5) is 31.7. The summed E-state index contributed by atoms with van der Waals surface area (Å²) in [7, 11) is 3.04. The van der Waals surface area contributed by atoms with Crippen LogP contribution in [0.5, 0.6) is 11.5 Å². The lowest BCUT2D eigenvalue weighted by atomic mass is 10.0. The van der Waals surface area contributed by atoms with Crippen molar-refractivity contribution in [1.82, 2.24) is 9.97 Å². The van der Waals surface area contributed by atoms with Gasteiger partial charge in [-0.1, -0.05) is 13.8 Å². The summed E-state index contributed by atoms with van der Waals surface area (Å²) in [5.74, 6) is 0.0805. The van der Waals surface area contributed by atoms with Crippen molar-refractivity contribution in [3.63, 3.8) is 0 Å². The molecule has 1 atom stereocenters.